The SMILES string of the molecule is S=C1N[C@H](c2ccccn2)[C@H](c2cccn2Cc2cccnc2)N1c1ccccc1. The lowest BCUT2D eigenvalue weighted by Crippen LogP contribution is -2.30. The molecule has 0 unspecified atom stereocenters. The van der Waals surface area contributed by atoms with Crippen molar-refractivity contribution >= 4 is 23.0 Å². The van der Waals surface area contributed by atoms with Gasteiger partial charge in [0.1, 0.15) is 6.04 Å². The lowest BCUT2D eigenvalue weighted by Gasteiger charge is -2.29. The fraction of sp³-hybridized carbons (Fsp3) is 0.125. The van der Waals surface area contributed by atoms with Gasteiger partial charge in [0.05, 0.1) is 11.7 Å². The minimum Gasteiger partial charge on any atom is -0.351 e. The third-order valence-corrected chi connectivity index (χ3v) is 5.69. The molecule has 0 saturated carbocycles. The summed E-state index contributed by atoms with van der Waals surface area (Å²) in [5, 5.41) is 4.22. The number of aromatic nitrogens is 3. The Kier molecular flexibility index (Phi) is 4.99. The van der Waals surface area contributed by atoms with Crippen LogP contribution in [0.4, 0.5) is 5.69 Å². The maximum atomic E-state index is 5.79. The second kappa shape index (κ2) is 8.08. The Bertz CT molecular complexity index is 1130. The van der Waals surface area contributed by atoms with Crippen molar-refractivity contribution in [3.8, 4) is 0 Å². The molecule has 1 aliphatic heterocycles. The third kappa shape index (κ3) is 3.46. The smallest absolute Gasteiger partial charge is 0.174 e. The number of hydrogen-bond donors (Lipinski definition) is 1. The number of rotatable bonds is 5. The maximum Gasteiger partial charge on any atom is 0.174 e. The number of hydrogen-bond acceptors (Lipinski definition) is 3. The molecule has 1 aliphatic rings. The van der Waals surface area contributed by atoms with Gasteiger partial charge in [-0.15, -0.1) is 0 Å². The molecule has 0 bridgehead atoms. The van der Waals surface area contributed by atoms with Crippen LogP contribution in [-0.2, 0) is 6.54 Å². The summed E-state index contributed by atoms with van der Waals surface area (Å²) in [7, 11) is 0. The summed E-state index contributed by atoms with van der Waals surface area (Å²) in [5.41, 5.74) is 4.36. The average Bonchev–Trinajstić information content (AvgIpc) is 3.39. The Balaban J connectivity index is 1.60. The van der Waals surface area contributed by atoms with E-state index in [1.54, 1.807) is 6.20 Å². The van der Waals surface area contributed by atoms with Crippen molar-refractivity contribution < 1.29 is 0 Å². The molecule has 1 saturated heterocycles. The zero-order valence-corrected chi connectivity index (χ0v) is 17.1. The minimum absolute atomic E-state index is 0.0264. The first-order valence-electron chi connectivity index (χ1n) is 9.91. The number of thiocarbonyl (C=S) groups is 1. The van der Waals surface area contributed by atoms with E-state index in [2.05, 4.69) is 67.3 Å². The first-order valence-corrected chi connectivity index (χ1v) is 10.3. The van der Waals surface area contributed by atoms with Gasteiger partial charge in [0.2, 0.25) is 0 Å². The number of anilines is 1. The Morgan fingerprint density at radius 2 is 1.77 bits per heavy atom. The summed E-state index contributed by atoms with van der Waals surface area (Å²) < 4.78 is 2.27. The quantitative estimate of drug-likeness (QED) is 0.490. The van der Waals surface area contributed by atoms with Crippen molar-refractivity contribution in [2.75, 3.05) is 4.90 Å². The van der Waals surface area contributed by atoms with Gasteiger partial charge >= 0.3 is 0 Å². The van der Waals surface area contributed by atoms with Crippen LogP contribution in [0.3, 0.4) is 0 Å². The molecule has 4 aromatic rings. The van der Waals surface area contributed by atoms with Gasteiger partial charge in [0.25, 0.3) is 0 Å². The van der Waals surface area contributed by atoms with Crippen molar-refractivity contribution in [3.63, 3.8) is 0 Å². The van der Waals surface area contributed by atoms with Crippen molar-refractivity contribution in [2.45, 2.75) is 18.6 Å². The van der Waals surface area contributed by atoms with Crippen molar-refractivity contribution in [2.24, 2.45) is 0 Å². The lowest BCUT2D eigenvalue weighted by atomic mass is 10.0. The fourth-order valence-corrected chi connectivity index (χ4v) is 4.40. The first-order chi connectivity index (χ1) is 14.8. The molecule has 6 heteroatoms. The van der Waals surface area contributed by atoms with Crippen LogP contribution in [0.15, 0.2) is 97.6 Å². The summed E-state index contributed by atoms with van der Waals surface area (Å²) in [6.45, 7) is 0.747. The summed E-state index contributed by atoms with van der Waals surface area (Å²) in [4.78, 5) is 11.1. The molecule has 0 amide bonds. The fourth-order valence-electron chi connectivity index (χ4n) is 4.05. The molecule has 3 aromatic heterocycles. The number of benzene rings is 1. The zero-order chi connectivity index (χ0) is 20.3. The molecule has 5 nitrogen and oxygen atoms in total. The second-order valence-electron chi connectivity index (χ2n) is 7.25. The molecule has 4 heterocycles. The zero-order valence-electron chi connectivity index (χ0n) is 16.3. The predicted octanol–water partition coefficient (Wildman–Crippen LogP) is 4.50. The molecule has 1 fully saturated rings. The first kappa shape index (κ1) is 18.5. The topological polar surface area (TPSA) is 46.0 Å². The van der Waals surface area contributed by atoms with Gasteiger partial charge in [0.15, 0.2) is 5.11 Å². The van der Waals surface area contributed by atoms with Crippen LogP contribution in [0, 0.1) is 0 Å². The molecular formula is C24H21N5S. The number of para-hydroxylation sites is 1. The third-order valence-electron chi connectivity index (χ3n) is 5.38. The molecule has 0 spiro atoms. The van der Waals surface area contributed by atoms with Crippen molar-refractivity contribution in [1.29, 1.82) is 0 Å². The van der Waals surface area contributed by atoms with E-state index in [4.69, 9.17) is 12.2 Å². The van der Waals surface area contributed by atoms with Crippen LogP contribution in [0.2, 0.25) is 0 Å². The van der Waals surface area contributed by atoms with Crippen molar-refractivity contribution in [3.05, 3.63) is 115 Å². The highest BCUT2D eigenvalue weighted by atomic mass is 32.1. The number of nitrogens with one attached hydrogen (secondary N) is 1. The van der Waals surface area contributed by atoms with Crippen molar-refractivity contribution in [1.82, 2.24) is 19.9 Å². The largest absolute Gasteiger partial charge is 0.351 e. The van der Waals surface area contributed by atoms with E-state index in [0.29, 0.717) is 5.11 Å². The van der Waals surface area contributed by atoms with E-state index in [1.807, 2.05) is 48.8 Å². The molecule has 2 atom stereocenters. The summed E-state index contributed by atoms with van der Waals surface area (Å²) in [6, 6.07) is 24.5. The van der Waals surface area contributed by atoms with Gasteiger partial charge in [-0.2, -0.15) is 0 Å². The Morgan fingerprint density at radius 3 is 2.53 bits per heavy atom. The van der Waals surface area contributed by atoms with Gasteiger partial charge < -0.3 is 14.8 Å². The standard InChI is InChI=1S/C24H21N5S/c30-24-27-22(20-11-4-5-14-26-20)23(29(24)19-9-2-1-3-10-19)21-12-7-15-28(21)17-18-8-6-13-25-16-18/h1-16,22-23H,17H2,(H,27,30)/t22-,23+/m1/s1. The Morgan fingerprint density at radius 1 is 0.900 bits per heavy atom. The monoisotopic (exact) mass is 411 g/mol. The second-order valence-corrected chi connectivity index (χ2v) is 7.64. The number of pyridine rings is 2. The Hall–Kier alpha value is -3.51. The number of nitrogens with zero attached hydrogens (tertiary/aromatic N) is 4. The van der Waals surface area contributed by atoms with E-state index >= 15 is 0 Å². The highest BCUT2D eigenvalue weighted by Crippen LogP contribution is 2.41. The molecular weight excluding hydrogens is 390 g/mol. The van der Waals surface area contributed by atoms with E-state index in [0.717, 1.165) is 23.5 Å². The summed E-state index contributed by atoms with van der Waals surface area (Å²) in [6.07, 6.45) is 7.65. The molecule has 30 heavy (non-hydrogen) atoms. The van der Waals surface area contributed by atoms with Crippen LogP contribution < -0.4 is 10.2 Å². The van der Waals surface area contributed by atoms with Crippen LogP contribution >= 0.6 is 12.2 Å². The average molecular weight is 412 g/mol. The van der Waals surface area contributed by atoms with Gasteiger partial charge in [-0.25, -0.2) is 0 Å². The molecule has 148 valence electrons. The van der Waals surface area contributed by atoms with E-state index in [1.165, 1.54) is 5.69 Å². The molecule has 1 aromatic carbocycles. The van der Waals surface area contributed by atoms with E-state index in [-0.39, 0.29) is 12.1 Å². The van der Waals surface area contributed by atoms with Gasteiger partial charge in [-0.1, -0.05) is 30.3 Å². The maximum absolute atomic E-state index is 5.79. The van der Waals surface area contributed by atoms with Gasteiger partial charge in [-0.3, -0.25) is 9.97 Å². The van der Waals surface area contributed by atoms with Crippen LogP contribution in [-0.4, -0.2) is 19.6 Å². The van der Waals surface area contributed by atoms with E-state index < -0.39 is 0 Å². The van der Waals surface area contributed by atoms with Gasteiger partial charge in [0, 0.05) is 42.7 Å². The molecule has 1 N–H and O–H groups in total. The highest BCUT2D eigenvalue weighted by molar-refractivity contribution is 7.80. The normalized spacial score (nSPS) is 18.4. The summed E-state index contributed by atoms with van der Waals surface area (Å²) >= 11 is 5.79. The van der Waals surface area contributed by atoms with Crippen LogP contribution in [0.25, 0.3) is 0 Å². The van der Waals surface area contributed by atoms with E-state index in [9.17, 15) is 0 Å². The molecule has 0 aliphatic carbocycles. The van der Waals surface area contributed by atoms with Gasteiger partial charge in [-0.05, 0) is 60.2 Å². The Labute approximate surface area is 181 Å². The molecule has 0 radical (unpaired) electrons. The summed E-state index contributed by atoms with van der Waals surface area (Å²) in [5.74, 6) is 0. The predicted molar refractivity (Wildman–Crippen MR) is 122 cm³/mol. The van der Waals surface area contributed by atoms with Crippen LogP contribution in [0.1, 0.15) is 29.0 Å². The lowest BCUT2D eigenvalue weighted by molar-refractivity contribution is 0.533. The minimum atomic E-state index is -0.0542. The van der Waals surface area contributed by atoms with Crippen LogP contribution in [0.5, 0.6) is 0 Å². The highest BCUT2D eigenvalue weighted by Gasteiger charge is 2.41. The molecule has 5 rings (SSSR count).